The highest BCUT2D eigenvalue weighted by Gasteiger charge is 2.39. The second-order valence-corrected chi connectivity index (χ2v) is 7.70. The van der Waals surface area contributed by atoms with E-state index in [4.69, 9.17) is 0 Å². The van der Waals surface area contributed by atoms with Gasteiger partial charge in [-0.3, -0.25) is 25.2 Å². The fourth-order valence-corrected chi connectivity index (χ4v) is 3.67. The van der Waals surface area contributed by atoms with E-state index in [0.29, 0.717) is 6.54 Å². The van der Waals surface area contributed by atoms with Gasteiger partial charge in [-0.1, -0.05) is 49.6 Å². The number of nitrogens with zero attached hydrogens (tertiary/aromatic N) is 1. The molecule has 1 fully saturated rings. The quantitative estimate of drug-likeness (QED) is 0.677. The average Bonchev–Trinajstić information content (AvgIpc) is 2.81. The number of hydrogen-bond acceptors (Lipinski definition) is 3. The first kappa shape index (κ1) is 23.3. The molecule has 0 aliphatic heterocycles. The maximum absolute atomic E-state index is 13.2. The number of rotatable bonds is 5. The van der Waals surface area contributed by atoms with Crippen LogP contribution in [0.25, 0.3) is 0 Å². The molecule has 0 heterocycles. The summed E-state index contributed by atoms with van der Waals surface area (Å²) < 4.78 is 36.7. The fraction of sp³-hybridized carbons (Fsp3) is 0.348. The van der Waals surface area contributed by atoms with Gasteiger partial charge >= 0.3 is 12.1 Å². The number of halogens is 3. The van der Waals surface area contributed by atoms with Crippen LogP contribution in [0.1, 0.15) is 48.0 Å². The Hall–Kier alpha value is -3.36. The van der Waals surface area contributed by atoms with Gasteiger partial charge in [0.05, 0.1) is 6.54 Å². The topological polar surface area (TPSA) is 78.5 Å². The lowest BCUT2D eigenvalue weighted by Crippen LogP contribution is -2.47. The third-order valence-electron chi connectivity index (χ3n) is 5.39. The van der Waals surface area contributed by atoms with Crippen LogP contribution in [-0.4, -0.2) is 23.9 Å². The third kappa shape index (κ3) is 6.09. The van der Waals surface area contributed by atoms with Crippen molar-refractivity contribution in [3.05, 3.63) is 65.7 Å². The maximum atomic E-state index is 13.2. The molecule has 1 saturated carbocycles. The molecule has 0 spiro atoms. The number of hydrazine groups is 1. The lowest BCUT2D eigenvalue weighted by atomic mass is 9.88. The van der Waals surface area contributed by atoms with Crippen LogP contribution in [0.2, 0.25) is 0 Å². The summed E-state index contributed by atoms with van der Waals surface area (Å²) in [5.41, 5.74) is 4.66. The molecule has 1 aliphatic rings. The summed E-state index contributed by atoms with van der Waals surface area (Å²) in [6.45, 7) is 0.298. The lowest BCUT2D eigenvalue weighted by molar-refractivity contribution is -0.174. The Morgan fingerprint density at radius 1 is 0.875 bits per heavy atom. The first-order valence-electron chi connectivity index (χ1n) is 10.4. The summed E-state index contributed by atoms with van der Waals surface area (Å²) in [5, 5.41) is 0. The Balaban J connectivity index is 1.69. The lowest BCUT2D eigenvalue weighted by Gasteiger charge is -2.29. The minimum atomic E-state index is -5.09. The molecule has 0 saturated heterocycles. The predicted molar refractivity (Wildman–Crippen MR) is 112 cm³/mol. The van der Waals surface area contributed by atoms with Gasteiger partial charge in [0.2, 0.25) is 5.91 Å². The Bertz CT molecular complexity index is 940. The number of amides is 3. The molecule has 6 nitrogen and oxygen atoms in total. The number of anilines is 1. The zero-order valence-electron chi connectivity index (χ0n) is 17.3. The minimum absolute atomic E-state index is 0.0220. The second kappa shape index (κ2) is 10.3. The molecule has 0 aromatic heterocycles. The van der Waals surface area contributed by atoms with Gasteiger partial charge in [-0.2, -0.15) is 13.2 Å². The van der Waals surface area contributed by atoms with Crippen LogP contribution >= 0.6 is 0 Å². The van der Waals surface area contributed by atoms with Crippen LogP contribution < -0.4 is 15.8 Å². The van der Waals surface area contributed by atoms with E-state index in [1.807, 2.05) is 30.3 Å². The van der Waals surface area contributed by atoms with E-state index in [1.165, 1.54) is 17.6 Å². The normalized spacial score (nSPS) is 14.5. The van der Waals surface area contributed by atoms with Crippen LogP contribution in [0.15, 0.2) is 54.6 Å². The number of hydrogen-bond donors (Lipinski definition) is 2. The van der Waals surface area contributed by atoms with Gasteiger partial charge in [0.15, 0.2) is 0 Å². The van der Waals surface area contributed by atoms with E-state index in [-0.39, 0.29) is 17.4 Å². The van der Waals surface area contributed by atoms with Crippen molar-refractivity contribution < 1.29 is 27.6 Å². The highest BCUT2D eigenvalue weighted by atomic mass is 19.4. The molecule has 3 amide bonds. The smallest absolute Gasteiger partial charge is 0.308 e. The third-order valence-corrected chi connectivity index (χ3v) is 5.39. The van der Waals surface area contributed by atoms with Gasteiger partial charge in [0.25, 0.3) is 5.91 Å². The van der Waals surface area contributed by atoms with Gasteiger partial charge < -0.3 is 4.90 Å². The van der Waals surface area contributed by atoms with Gasteiger partial charge in [-0.15, -0.1) is 0 Å². The molecule has 32 heavy (non-hydrogen) atoms. The molecule has 2 aromatic carbocycles. The van der Waals surface area contributed by atoms with Crippen molar-refractivity contribution in [2.75, 3.05) is 4.90 Å². The molecule has 0 radical (unpaired) electrons. The number of carbonyl (C=O) groups excluding carboxylic acids is 3. The number of benzene rings is 2. The Kier molecular flexibility index (Phi) is 7.50. The molecule has 0 atom stereocenters. The summed E-state index contributed by atoms with van der Waals surface area (Å²) in [6, 6.07) is 15.4. The summed E-state index contributed by atoms with van der Waals surface area (Å²) in [7, 11) is 0. The van der Waals surface area contributed by atoms with Gasteiger partial charge in [0.1, 0.15) is 0 Å². The fourth-order valence-electron chi connectivity index (χ4n) is 3.67. The van der Waals surface area contributed by atoms with Crippen LogP contribution in [0.5, 0.6) is 0 Å². The highest BCUT2D eigenvalue weighted by molar-refractivity contribution is 5.96. The van der Waals surface area contributed by atoms with Crippen molar-refractivity contribution in [1.82, 2.24) is 10.9 Å². The minimum Gasteiger partial charge on any atom is -0.308 e. The van der Waals surface area contributed by atoms with Crippen LogP contribution in [-0.2, 0) is 16.1 Å². The monoisotopic (exact) mass is 447 g/mol. The average molecular weight is 447 g/mol. The molecule has 3 rings (SSSR count). The molecule has 2 aromatic rings. The van der Waals surface area contributed by atoms with Crippen molar-refractivity contribution in [1.29, 1.82) is 0 Å². The van der Waals surface area contributed by atoms with E-state index in [2.05, 4.69) is 0 Å². The van der Waals surface area contributed by atoms with Crippen LogP contribution in [0.4, 0.5) is 18.9 Å². The highest BCUT2D eigenvalue weighted by Crippen LogP contribution is 2.28. The first-order valence-corrected chi connectivity index (χ1v) is 10.4. The first-order chi connectivity index (χ1) is 15.3. The summed E-state index contributed by atoms with van der Waals surface area (Å²) in [4.78, 5) is 37.8. The van der Waals surface area contributed by atoms with Crippen molar-refractivity contribution >= 4 is 23.4 Å². The second-order valence-electron chi connectivity index (χ2n) is 7.70. The van der Waals surface area contributed by atoms with Gasteiger partial charge in [0, 0.05) is 17.2 Å². The number of carbonyl (C=O) groups is 3. The Morgan fingerprint density at radius 3 is 2.09 bits per heavy atom. The molecular weight excluding hydrogens is 423 g/mol. The number of nitrogens with one attached hydrogen (secondary N) is 2. The van der Waals surface area contributed by atoms with E-state index >= 15 is 0 Å². The summed E-state index contributed by atoms with van der Waals surface area (Å²) >= 11 is 0. The SMILES string of the molecule is O=C(NNC(=O)C(F)(F)F)c1ccc(CN(C(=O)C2CCCCC2)c2ccccc2)cc1. The molecule has 1 aliphatic carbocycles. The van der Waals surface area contributed by atoms with Crippen molar-refractivity contribution in [3.63, 3.8) is 0 Å². The Morgan fingerprint density at radius 2 is 1.50 bits per heavy atom. The van der Waals surface area contributed by atoms with E-state index < -0.39 is 18.0 Å². The number of alkyl halides is 3. The van der Waals surface area contributed by atoms with Crippen molar-refractivity contribution in [2.24, 2.45) is 5.92 Å². The molecule has 0 unspecified atom stereocenters. The van der Waals surface area contributed by atoms with Crippen molar-refractivity contribution in [3.8, 4) is 0 Å². The maximum Gasteiger partial charge on any atom is 0.472 e. The van der Waals surface area contributed by atoms with E-state index in [1.54, 1.807) is 22.5 Å². The zero-order valence-corrected chi connectivity index (χ0v) is 17.3. The van der Waals surface area contributed by atoms with Crippen LogP contribution in [0.3, 0.4) is 0 Å². The van der Waals surface area contributed by atoms with Crippen LogP contribution in [0, 0.1) is 5.92 Å². The van der Waals surface area contributed by atoms with E-state index in [9.17, 15) is 27.6 Å². The number of para-hydroxylation sites is 1. The van der Waals surface area contributed by atoms with Crippen molar-refractivity contribution in [2.45, 2.75) is 44.8 Å². The van der Waals surface area contributed by atoms with Gasteiger partial charge in [-0.05, 0) is 42.7 Å². The van der Waals surface area contributed by atoms with Gasteiger partial charge in [-0.25, -0.2) is 0 Å². The summed E-state index contributed by atoms with van der Waals surface area (Å²) in [6.07, 6.45) is -0.151. The largest absolute Gasteiger partial charge is 0.472 e. The standard InChI is InChI=1S/C23H24F3N3O3/c24-23(25,26)22(32)28-27-20(30)17-13-11-16(12-14-17)15-29(19-9-5-2-6-10-19)21(31)18-7-3-1-4-8-18/h2,5-6,9-14,18H,1,3-4,7-8,15H2,(H,27,30)(H,28,32). The molecular formula is C23H24F3N3O3. The Labute approximate surface area is 183 Å². The van der Waals surface area contributed by atoms with E-state index in [0.717, 1.165) is 43.4 Å². The molecule has 170 valence electrons. The molecule has 0 bridgehead atoms. The molecule has 9 heteroatoms. The zero-order chi connectivity index (χ0) is 23.1. The summed E-state index contributed by atoms with van der Waals surface area (Å²) in [5.74, 6) is -3.10. The predicted octanol–water partition coefficient (Wildman–Crippen LogP) is 4.12. The molecule has 2 N–H and O–H groups in total.